The first-order chi connectivity index (χ1) is 17.0. The SMILES string of the molecule is COc1c(C(=O)NC2CCCC2)cc(-n2cnc(Nc3nc(Cl)nn4cccc34)c2)c(C)c1OC. The van der Waals surface area contributed by atoms with Crippen LogP contribution in [0.2, 0.25) is 5.28 Å². The van der Waals surface area contributed by atoms with E-state index in [1.165, 1.54) is 7.11 Å². The summed E-state index contributed by atoms with van der Waals surface area (Å²) in [5.41, 5.74) is 2.73. The molecule has 0 spiro atoms. The fourth-order valence-corrected chi connectivity index (χ4v) is 4.74. The first-order valence-electron chi connectivity index (χ1n) is 11.4. The minimum absolute atomic E-state index is 0.115. The van der Waals surface area contributed by atoms with Gasteiger partial charge in [0.1, 0.15) is 17.7 Å². The molecule has 1 aromatic carbocycles. The molecule has 4 aromatic rings. The summed E-state index contributed by atoms with van der Waals surface area (Å²) in [6.07, 6.45) is 9.49. The number of hydrogen-bond donors (Lipinski definition) is 2. The topological polar surface area (TPSA) is 108 Å². The maximum Gasteiger partial charge on any atom is 0.255 e. The molecule has 182 valence electrons. The lowest BCUT2D eigenvalue weighted by atomic mass is 10.0. The molecular formula is C24H26ClN7O3. The first-order valence-corrected chi connectivity index (χ1v) is 11.7. The van der Waals surface area contributed by atoms with Gasteiger partial charge in [-0.05, 0) is 49.6 Å². The minimum atomic E-state index is -0.182. The molecule has 0 radical (unpaired) electrons. The number of aromatic nitrogens is 5. The molecule has 3 heterocycles. The van der Waals surface area contributed by atoms with Crippen molar-refractivity contribution >= 4 is 34.7 Å². The van der Waals surface area contributed by atoms with Gasteiger partial charge in [-0.25, -0.2) is 9.50 Å². The monoisotopic (exact) mass is 495 g/mol. The van der Waals surface area contributed by atoms with Crippen molar-refractivity contribution in [2.45, 2.75) is 38.6 Å². The number of nitrogens with zero attached hydrogens (tertiary/aromatic N) is 5. The van der Waals surface area contributed by atoms with Crippen LogP contribution in [0, 0.1) is 6.92 Å². The van der Waals surface area contributed by atoms with Crippen molar-refractivity contribution in [3.05, 3.63) is 53.3 Å². The van der Waals surface area contributed by atoms with E-state index in [0.717, 1.165) is 42.5 Å². The summed E-state index contributed by atoms with van der Waals surface area (Å²) in [6.45, 7) is 1.91. The summed E-state index contributed by atoms with van der Waals surface area (Å²) >= 11 is 6.07. The Morgan fingerprint density at radius 3 is 2.71 bits per heavy atom. The molecule has 0 bridgehead atoms. The van der Waals surface area contributed by atoms with Crippen LogP contribution in [0.4, 0.5) is 11.6 Å². The zero-order valence-corrected chi connectivity index (χ0v) is 20.5. The number of fused-ring (bicyclic) bond motifs is 1. The van der Waals surface area contributed by atoms with E-state index in [4.69, 9.17) is 21.1 Å². The third kappa shape index (κ3) is 4.37. The molecule has 0 atom stereocenters. The Labute approximate surface area is 207 Å². The molecule has 1 saturated carbocycles. The molecule has 1 amide bonds. The van der Waals surface area contributed by atoms with Gasteiger partial charge in [0.25, 0.3) is 5.91 Å². The Morgan fingerprint density at radius 1 is 1.20 bits per heavy atom. The van der Waals surface area contributed by atoms with E-state index in [-0.39, 0.29) is 17.2 Å². The number of nitrogens with one attached hydrogen (secondary N) is 2. The fourth-order valence-electron chi connectivity index (χ4n) is 4.58. The molecule has 11 heteroatoms. The quantitative estimate of drug-likeness (QED) is 0.393. The van der Waals surface area contributed by atoms with Crippen molar-refractivity contribution in [1.29, 1.82) is 0 Å². The third-order valence-electron chi connectivity index (χ3n) is 6.27. The van der Waals surface area contributed by atoms with Crippen LogP contribution >= 0.6 is 11.6 Å². The van der Waals surface area contributed by atoms with Crippen molar-refractivity contribution in [2.75, 3.05) is 19.5 Å². The average molecular weight is 496 g/mol. The Bertz CT molecular complexity index is 1390. The molecule has 5 rings (SSSR count). The third-order valence-corrected chi connectivity index (χ3v) is 6.43. The Hall–Kier alpha value is -3.79. The van der Waals surface area contributed by atoms with E-state index in [1.807, 2.05) is 29.8 Å². The number of carbonyl (C=O) groups excluding carboxylic acids is 1. The summed E-state index contributed by atoms with van der Waals surface area (Å²) in [5.74, 6) is 1.81. The lowest BCUT2D eigenvalue weighted by Gasteiger charge is -2.20. The highest BCUT2D eigenvalue weighted by atomic mass is 35.5. The highest BCUT2D eigenvalue weighted by molar-refractivity contribution is 6.28. The van der Waals surface area contributed by atoms with Crippen LogP contribution in [-0.2, 0) is 0 Å². The van der Waals surface area contributed by atoms with Crippen LogP contribution < -0.4 is 20.1 Å². The van der Waals surface area contributed by atoms with Crippen LogP contribution in [0.5, 0.6) is 11.5 Å². The highest BCUT2D eigenvalue weighted by Gasteiger charge is 2.25. The fraction of sp³-hybridized carbons (Fsp3) is 0.333. The van der Waals surface area contributed by atoms with Crippen LogP contribution in [0.15, 0.2) is 36.9 Å². The van der Waals surface area contributed by atoms with Crippen molar-refractivity contribution in [3.63, 3.8) is 0 Å². The second-order valence-corrected chi connectivity index (χ2v) is 8.79. The number of benzene rings is 1. The molecule has 2 N–H and O–H groups in total. The van der Waals surface area contributed by atoms with Crippen LogP contribution in [0.25, 0.3) is 11.2 Å². The average Bonchev–Trinajstić information content (AvgIpc) is 3.61. The summed E-state index contributed by atoms with van der Waals surface area (Å²) in [4.78, 5) is 22.0. The van der Waals surface area contributed by atoms with Gasteiger partial charge in [-0.3, -0.25) is 4.79 Å². The van der Waals surface area contributed by atoms with E-state index in [1.54, 1.807) is 30.2 Å². The molecule has 10 nitrogen and oxygen atoms in total. The molecule has 1 aliphatic carbocycles. The number of anilines is 2. The number of amides is 1. The maximum atomic E-state index is 13.2. The van der Waals surface area contributed by atoms with E-state index in [9.17, 15) is 4.79 Å². The van der Waals surface area contributed by atoms with Crippen LogP contribution in [0.1, 0.15) is 41.6 Å². The molecule has 1 fully saturated rings. The second kappa shape index (κ2) is 9.46. The summed E-state index contributed by atoms with van der Waals surface area (Å²) < 4.78 is 14.7. The molecule has 1 aliphatic rings. The number of rotatable bonds is 7. The zero-order chi connectivity index (χ0) is 24.5. The van der Waals surface area contributed by atoms with Crippen molar-refractivity contribution < 1.29 is 14.3 Å². The van der Waals surface area contributed by atoms with E-state index in [0.29, 0.717) is 28.7 Å². The Balaban J connectivity index is 1.50. The molecule has 0 unspecified atom stereocenters. The minimum Gasteiger partial charge on any atom is -0.492 e. The second-order valence-electron chi connectivity index (χ2n) is 8.45. The molecule has 3 aromatic heterocycles. The van der Waals surface area contributed by atoms with Gasteiger partial charge >= 0.3 is 0 Å². The number of carbonyl (C=O) groups is 1. The number of imidazole rings is 1. The first kappa shape index (κ1) is 23.0. The summed E-state index contributed by atoms with van der Waals surface area (Å²) in [7, 11) is 3.10. The van der Waals surface area contributed by atoms with Crippen LogP contribution in [0.3, 0.4) is 0 Å². The molecule has 35 heavy (non-hydrogen) atoms. The Morgan fingerprint density at radius 2 is 1.97 bits per heavy atom. The molecule has 0 saturated heterocycles. The van der Waals surface area contributed by atoms with Crippen LogP contribution in [-0.4, -0.2) is 50.3 Å². The van der Waals surface area contributed by atoms with Gasteiger partial charge in [0.05, 0.1) is 31.7 Å². The van der Waals surface area contributed by atoms with Gasteiger partial charge < -0.3 is 24.7 Å². The van der Waals surface area contributed by atoms with E-state index < -0.39 is 0 Å². The summed E-state index contributed by atoms with van der Waals surface area (Å²) in [6, 6.07) is 5.72. The van der Waals surface area contributed by atoms with Crippen molar-refractivity contribution in [3.8, 4) is 17.2 Å². The lowest BCUT2D eigenvalue weighted by molar-refractivity contribution is 0.0934. The van der Waals surface area contributed by atoms with Gasteiger partial charge in [0, 0.05) is 17.8 Å². The van der Waals surface area contributed by atoms with Gasteiger partial charge in [0.15, 0.2) is 17.3 Å². The maximum absolute atomic E-state index is 13.2. The number of methoxy groups -OCH3 is 2. The number of halogens is 1. The smallest absolute Gasteiger partial charge is 0.255 e. The van der Waals surface area contributed by atoms with E-state index in [2.05, 4.69) is 25.7 Å². The van der Waals surface area contributed by atoms with Gasteiger partial charge in [-0.1, -0.05) is 12.8 Å². The van der Waals surface area contributed by atoms with Gasteiger partial charge in [-0.15, -0.1) is 5.10 Å². The number of ether oxygens (including phenoxy) is 2. The van der Waals surface area contributed by atoms with Crippen molar-refractivity contribution in [2.24, 2.45) is 0 Å². The molecule has 0 aliphatic heterocycles. The predicted molar refractivity (Wildman–Crippen MR) is 132 cm³/mol. The normalized spacial score (nSPS) is 13.8. The predicted octanol–water partition coefficient (Wildman–Crippen LogP) is 4.31. The summed E-state index contributed by atoms with van der Waals surface area (Å²) in [5, 5.41) is 10.6. The highest BCUT2D eigenvalue weighted by Crippen LogP contribution is 2.39. The molecular weight excluding hydrogens is 470 g/mol. The van der Waals surface area contributed by atoms with Gasteiger partial charge in [0.2, 0.25) is 5.28 Å². The Kier molecular flexibility index (Phi) is 6.21. The van der Waals surface area contributed by atoms with Gasteiger partial charge in [-0.2, -0.15) is 4.98 Å². The number of hydrogen-bond acceptors (Lipinski definition) is 7. The largest absolute Gasteiger partial charge is 0.492 e. The lowest BCUT2D eigenvalue weighted by Crippen LogP contribution is -2.33. The zero-order valence-electron chi connectivity index (χ0n) is 19.7. The standard InChI is InChI=1S/C24H26ClN7O3/c1-14-18(11-16(21(35-3)20(14)34-2)23(33)27-15-7-4-5-8-15)31-12-19(26-13-31)28-22-17-9-6-10-32(17)30-24(25)29-22/h6,9-13,15H,4-5,7-8H2,1-3H3,(H,27,33)(H,28,29,30). The van der Waals surface area contributed by atoms with Crippen molar-refractivity contribution in [1.82, 2.24) is 29.5 Å². The van der Waals surface area contributed by atoms with E-state index >= 15 is 0 Å².